The number of carboxylic acids is 1. The van der Waals surface area contributed by atoms with E-state index in [0.717, 1.165) is 38.8 Å². The fourth-order valence-electron chi connectivity index (χ4n) is 5.66. The number of nitrogens with zero attached hydrogens (tertiary/aromatic N) is 2. The molecule has 0 aliphatic carbocycles. The summed E-state index contributed by atoms with van der Waals surface area (Å²) in [4.78, 5) is 40.4. The number of unbranched alkanes of at least 4 members (excludes halogenated alkanes) is 13. The first-order valence-electron chi connectivity index (χ1n) is 14.6. The van der Waals surface area contributed by atoms with Crippen molar-refractivity contribution in [3.05, 3.63) is 0 Å². The van der Waals surface area contributed by atoms with Gasteiger partial charge in [0.15, 0.2) is 0 Å². The highest BCUT2D eigenvalue weighted by atomic mass is 16.4. The van der Waals surface area contributed by atoms with Gasteiger partial charge in [-0.05, 0) is 45.2 Å². The molecule has 2 fully saturated rings. The minimum absolute atomic E-state index is 0.0563. The zero-order chi connectivity index (χ0) is 25.3. The molecule has 2 amide bonds. The van der Waals surface area contributed by atoms with Crippen molar-refractivity contribution in [2.24, 2.45) is 0 Å². The summed E-state index contributed by atoms with van der Waals surface area (Å²) in [6.45, 7) is 4.38. The number of aliphatic carboxylic acids is 1. The van der Waals surface area contributed by atoms with E-state index in [1.807, 2.05) is 0 Å². The Labute approximate surface area is 213 Å². The van der Waals surface area contributed by atoms with E-state index >= 15 is 0 Å². The van der Waals surface area contributed by atoms with Crippen LogP contribution in [0.2, 0.25) is 0 Å². The number of hydrogen-bond acceptors (Lipinski definition) is 4. The minimum Gasteiger partial charge on any atom is -0.480 e. The Balaban J connectivity index is 1.55. The van der Waals surface area contributed by atoms with Gasteiger partial charge in [0, 0.05) is 6.54 Å². The quantitative estimate of drug-likeness (QED) is 0.244. The largest absolute Gasteiger partial charge is 0.480 e. The zero-order valence-corrected chi connectivity index (χ0v) is 22.3. The molecule has 0 aromatic rings. The first kappa shape index (κ1) is 29.6. The van der Waals surface area contributed by atoms with E-state index in [2.05, 4.69) is 17.1 Å². The zero-order valence-electron chi connectivity index (χ0n) is 22.3. The van der Waals surface area contributed by atoms with Gasteiger partial charge in [-0.1, -0.05) is 90.4 Å². The third kappa shape index (κ3) is 11.3. The molecule has 0 spiro atoms. The Bertz CT molecular complexity index is 627. The molecule has 2 saturated heterocycles. The van der Waals surface area contributed by atoms with Crippen LogP contribution in [0.3, 0.4) is 0 Å². The third-order valence-electron chi connectivity index (χ3n) is 7.70. The summed E-state index contributed by atoms with van der Waals surface area (Å²) in [5.41, 5.74) is 0. The normalized spacial score (nSPS) is 20.4. The second-order valence-electron chi connectivity index (χ2n) is 10.6. The van der Waals surface area contributed by atoms with Gasteiger partial charge in [-0.2, -0.15) is 0 Å². The molecule has 0 aromatic carbocycles. The number of carboxylic acid groups (broad SMARTS) is 1. The van der Waals surface area contributed by atoms with E-state index in [1.165, 1.54) is 83.5 Å². The number of likely N-dealkylation sites (tertiary alicyclic amines) is 2. The Morgan fingerprint density at radius 1 is 0.743 bits per heavy atom. The molecule has 2 unspecified atom stereocenters. The minimum atomic E-state index is -1.07. The van der Waals surface area contributed by atoms with Gasteiger partial charge in [-0.3, -0.25) is 19.3 Å². The van der Waals surface area contributed by atoms with E-state index in [9.17, 15) is 14.4 Å². The van der Waals surface area contributed by atoms with Crippen molar-refractivity contribution in [3.63, 3.8) is 0 Å². The highest BCUT2D eigenvalue weighted by Gasteiger charge is 2.40. The molecule has 2 rings (SSSR count). The maximum atomic E-state index is 13.2. The van der Waals surface area contributed by atoms with Gasteiger partial charge >= 0.3 is 5.97 Å². The van der Waals surface area contributed by atoms with Gasteiger partial charge < -0.3 is 15.3 Å². The van der Waals surface area contributed by atoms with Crippen molar-refractivity contribution < 1.29 is 19.5 Å². The van der Waals surface area contributed by atoms with Crippen LogP contribution >= 0.6 is 0 Å². The molecule has 0 aromatic heterocycles. The van der Waals surface area contributed by atoms with Crippen LogP contribution in [-0.2, 0) is 14.4 Å². The second-order valence-corrected chi connectivity index (χ2v) is 10.6. The lowest BCUT2D eigenvalue weighted by atomic mass is 10.0. The van der Waals surface area contributed by atoms with Gasteiger partial charge in [0.05, 0.1) is 6.04 Å². The smallest absolute Gasteiger partial charge is 0.322 e. The highest BCUT2D eigenvalue weighted by molar-refractivity contribution is 5.91. The number of amides is 2. The monoisotopic (exact) mass is 493 g/mol. The molecular weight excluding hydrogens is 442 g/mol. The number of rotatable bonds is 19. The van der Waals surface area contributed by atoms with E-state index in [1.54, 1.807) is 4.90 Å². The number of hydrogen-bond donors (Lipinski definition) is 2. The van der Waals surface area contributed by atoms with E-state index in [-0.39, 0.29) is 17.9 Å². The van der Waals surface area contributed by atoms with Crippen LogP contribution in [0.5, 0.6) is 0 Å². The van der Waals surface area contributed by atoms with Crippen molar-refractivity contribution in [3.8, 4) is 0 Å². The van der Waals surface area contributed by atoms with Crippen molar-refractivity contribution in [1.29, 1.82) is 0 Å². The lowest BCUT2D eigenvalue weighted by molar-refractivity contribution is -0.143. The first-order valence-corrected chi connectivity index (χ1v) is 14.6. The standard InChI is InChI=1S/C28H51N3O4/c1-2-3-4-5-6-7-8-9-10-11-12-13-14-15-20-30-21-16-19-25(30)28(35)31-22-17-18-24(31)27(34)29-23-26(32)33/h24-25H,2-23H2,1H3,(H,29,34)(H,32,33). The molecule has 2 atom stereocenters. The summed E-state index contributed by atoms with van der Waals surface area (Å²) in [7, 11) is 0. The number of carbonyl (C=O) groups is 3. The molecule has 2 heterocycles. The van der Waals surface area contributed by atoms with E-state index in [0.29, 0.717) is 13.0 Å². The maximum absolute atomic E-state index is 13.2. The molecule has 0 bridgehead atoms. The van der Waals surface area contributed by atoms with Crippen LogP contribution in [-0.4, -0.2) is 71.0 Å². The molecule has 2 N–H and O–H groups in total. The Hall–Kier alpha value is -1.63. The van der Waals surface area contributed by atoms with Crippen molar-refractivity contribution >= 4 is 17.8 Å². The Morgan fingerprint density at radius 2 is 1.26 bits per heavy atom. The summed E-state index contributed by atoms with van der Waals surface area (Å²) in [5, 5.41) is 11.3. The van der Waals surface area contributed by atoms with Gasteiger partial charge in [0.2, 0.25) is 11.8 Å². The highest BCUT2D eigenvalue weighted by Crippen LogP contribution is 2.25. The molecule has 202 valence electrons. The van der Waals surface area contributed by atoms with Crippen LogP contribution in [0.15, 0.2) is 0 Å². The number of carbonyl (C=O) groups excluding carboxylic acids is 2. The fraction of sp³-hybridized carbons (Fsp3) is 0.893. The van der Waals surface area contributed by atoms with Gasteiger partial charge in [-0.15, -0.1) is 0 Å². The average Bonchev–Trinajstić information content (AvgIpc) is 3.52. The van der Waals surface area contributed by atoms with Gasteiger partial charge in [-0.25, -0.2) is 0 Å². The summed E-state index contributed by atoms with van der Waals surface area (Å²) >= 11 is 0. The molecule has 2 aliphatic heterocycles. The summed E-state index contributed by atoms with van der Waals surface area (Å²) in [5.74, 6) is -1.35. The van der Waals surface area contributed by atoms with Crippen LogP contribution in [0.25, 0.3) is 0 Å². The molecule has 2 aliphatic rings. The van der Waals surface area contributed by atoms with E-state index in [4.69, 9.17) is 5.11 Å². The SMILES string of the molecule is CCCCCCCCCCCCCCCCN1CCCC1C(=O)N1CCCC1C(=O)NCC(=O)O. The van der Waals surface area contributed by atoms with Gasteiger partial charge in [0.1, 0.15) is 12.6 Å². The molecular formula is C28H51N3O4. The second kappa shape index (κ2) is 17.7. The van der Waals surface area contributed by atoms with Crippen LogP contribution < -0.4 is 5.32 Å². The van der Waals surface area contributed by atoms with Crippen molar-refractivity contribution in [2.45, 2.75) is 135 Å². The van der Waals surface area contributed by atoms with Crippen LogP contribution in [0.4, 0.5) is 0 Å². The summed E-state index contributed by atoms with van der Waals surface area (Å²) < 4.78 is 0. The van der Waals surface area contributed by atoms with Crippen molar-refractivity contribution in [1.82, 2.24) is 15.1 Å². The topological polar surface area (TPSA) is 90.0 Å². The Morgan fingerprint density at radius 3 is 1.83 bits per heavy atom. The molecule has 0 radical (unpaired) electrons. The predicted octanol–water partition coefficient (Wildman–Crippen LogP) is 5.12. The van der Waals surface area contributed by atoms with Gasteiger partial charge in [0.25, 0.3) is 0 Å². The van der Waals surface area contributed by atoms with Crippen molar-refractivity contribution in [2.75, 3.05) is 26.2 Å². The molecule has 7 heteroatoms. The fourth-order valence-corrected chi connectivity index (χ4v) is 5.66. The molecule has 7 nitrogen and oxygen atoms in total. The predicted molar refractivity (Wildman–Crippen MR) is 140 cm³/mol. The lowest BCUT2D eigenvalue weighted by Crippen LogP contribution is -2.52. The van der Waals surface area contributed by atoms with Crippen LogP contribution in [0, 0.1) is 0 Å². The molecule has 0 saturated carbocycles. The average molecular weight is 494 g/mol. The lowest BCUT2D eigenvalue weighted by Gasteiger charge is -2.31. The third-order valence-corrected chi connectivity index (χ3v) is 7.70. The number of nitrogens with one attached hydrogen (secondary N) is 1. The summed E-state index contributed by atoms with van der Waals surface area (Å²) in [6, 6.07) is -0.643. The van der Waals surface area contributed by atoms with Crippen LogP contribution in [0.1, 0.15) is 122 Å². The maximum Gasteiger partial charge on any atom is 0.322 e. The van der Waals surface area contributed by atoms with E-state index < -0.39 is 18.6 Å². The first-order chi connectivity index (χ1) is 17.0. The Kier molecular flexibility index (Phi) is 15.0. The molecule has 35 heavy (non-hydrogen) atoms. The summed E-state index contributed by atoms with van der Waals surface area (Å²) in [6.07, 6.45) is 22.1.